The lowest BCUT2D eigenvalue weighted by Gasteiger charge is -2.07. The molecule has 0 aliphatic carbocycles. The summed E-state index contributed by atoms with van der Waals surface area (Å²) >= 11 is 0. The molecule has 0 spiro atoms. The Balaban J connectivity index is 1.50. The van der Waals surface area contributed by atoms with Crippen molar-refractivity contribution in [1.82, 2.24) is 25.3 Å². The number of amides is 1. The molecule has 24 heavy (non-hydrogen) atoms. The van der Waals surface area contributed by atoms with Crippen LogP contribution in [0.5, 0.6) is 0 Å². The van der Waals surface area contributed by atoms with Gasteiger partial charge in [0.2, 0.25) is 0 Å². The van der Waals surface area contributed by atoms with Gasteiger partial charge in [-0.2, -0.15) is 5.10 Å². The van der Waals surface area contributed by atoms with E-state index >= 15 is 0 Å². The topological polar surface area (TPSA) is 97.9 Å². The zero-order valence-electron chi connectivity index (χ0n) is 13.5. The lowest BCUT2D eigenvalue weighted by molar-refractivity contribution is 0.0927. The summed E-state index contributed by atoms with van der Waals surface area (Å²) in [6.07, 6.45) is 1.47. The molecule has 0 fully saturated rings. The Labute approximate surface area is 138 Å². The smallest absolute Gasteiger partial charge is 0.287 e. The van der Waals surface area contributed by atoms with Gasteiger partial charge in [-0.1, -0.05) is 0 Å². The van der Waals surface area contributed by atoms with Gasteiger partial charge >= 0.3 is 0 Å². The molecule has 0 atom stereocenters. The van der Waals surface area contributed by atoms with Crippen molar-refractivity contribution in [2.45, 2.75) is 13.8 Å². The molecule has 3 heterocycles. The van der Waals surface area contributed by atoms with Gasteiger partial charge in [-0.15, -0.1) is 10.2 Å². The molecule has 0 saturated carbocycles. The van der Waals surface area contributed by atoms with Gasteiger partial charge < -0.3 is 15.1 Å². The first-order chi connectivity index (χ1) is 11.6. The fourth-order valence-electron chi connectivity index (χ4n) is 2.25. The number of aromatic nitrogens is 4. The maximum absolute atomic E-state index is 11.7. The molecular formula is C16H18N6O2. The average Bonchev–Trinajstić information content (AvgIpc) is 3.22. The third kappa shape index (κ3) is 3.60. The first-order valence-corrected chi connectivity index (χ1v) is 7.56. The maximum atomic E-state index is 11.7. The molecule has 8 nitrogen and oxygen atoms in total. The number of aryl methyl sites for hydroxylation is 2. The first-order valence-electron chi connectivity index (χ1n) is 7.56. The zero-order valence-corrected chi connectivity index (χ0v) is 13.5. The molecule has 0 aromatic carbocycles. The van der Waals surface area contributed by atoms with Crippen molar-refractivity contribution in [2.75, 3.05) is 18.4 Å². The molecule has 3 aromatic heterocycles. The molecule has 3 aromatic rings. The van der Waals surface area contributed by atoms with Crippen molar-refractivity contribution in [3.63, 3.8) is 0 Å². The lowest BCUT2D eigenvalue weighted by atomic mass is 10.4. The number of hydrogen-bond acceptors (Lipinski definition) is 6. The summed E-state index contributed by atoms with van der Waals surface area (Å²) in [6.45, 7) is 4.88. The SMILES string of the molecule is Cc1cc(C)n(-c2ccc(NCCNC(=O)c3ccco3)nn2)n1. The van der Waals surface area contributed by atoms with Crippen LogP contribution in [0, 0.1) is 13.8 Å². The number of furan rings is 1. The molecule has 0 aliphatic rings. The molecule has 0 unspecified atom stereocenters. The number of nitrogens with one attached hydrogen (secondary N) is 2. The van der Waals surface area contributed by atoms with Gasteiger partial charge in [-0.3, -0.25) is 4.79 Å². The molecule has 1 amide bonds. The highest BCUT2D eigenvalue weighted by Crippen LogP contribution is 2.10. The summed E-state index contributed by atoms with van der Waals surface area (Å²) in [6, 6.07) is 8.94. The van der Waals surface area contributed by atoms with Crippen LogP contribution in [0.15, 0.2) is 41.0 Å². The summed E-state index contributed by atoms with van der Waals surface area (Å²) in [4.78, 5) is 11.7. The Bertz CT molecular complexity index is 808. The standard InChI is InChI=1S/C16H18N6O2/c1-11-10-12(2)22(21-11)15-6-5-14(19-20-15)17-7-8-18-16(23)13-4-3-9-24-13/h3-6,9-10H,7-8H2,1-2H3,(H,17,19)(H,18,23). The van der Waals surface area contributed by atoms with Crippen molar-refractivity contribution in [3.8, 4) is 5.82 Å². The van der Waals surface area contributed by atoms with Gasteiger partial charge in [0, 0.05) is 18.8 Å². The minimum absolute atomic E-state index is 0.243. The van der Waals surface area contributed by atoms with Crippen LogP contribution in [0.4, 0.5) is 5.82 Å². The van der Waals surface area contributed by atoms with E-state index in [1.165, 1.54) is 6.26 Å². The van der Waals surface area contributed by atoms with Gasteiger partial charge in [0.05, 0.1) is 12.0 Å². The average molecular weight is 326 g/mol. The predicted octanol–water partition coefficient (Wildman–Crippen LogP) is 1.71. The van der Waals surface area contributed by atoms with Crippen molar-refractivity contribution in [3.05, 3.63) is 53.7 Å². The van der Waals surface area contributed by atoms with E-state index < -0.39 is 0 Å². The zero-order chi connectivity index (χ0) is 16.9. The second-order valence-electron chi connectivity index (χ2n) is 5.28. The van der Waals surface area contributed by atoms with Crippen molar-refractivity contribution in [2.24, 2.45) is 0 Å². The summed E-state index contributed by atoms with van der Waals surface area (Å²) in [5.74, 6) is 1.35. The molecule has 0 saturated heterocycles. The predicted molar refractivity (Wildman–Crippen MR) is 88.2 cm³/mol. The third-order valence-electron chi connectivity index (χ3n) is 3.34. The van der Waals surface area contributed by atoms with Crippen LogP contribution in [0.1, 0.15) is 21.9 Å². The molecular weight excluding hydrogens is 308 g/mol. The van der Waals surface area contributed by atoms with Crippen LogP contribution in [0.25, 0.3) is 5.82 Å². The Morgan fingerprint density at radius 3 is 2.71 bits per heavy atom. The molecule has 0 aliphatic heterocycles. The molecule has 3 rings (SSSR count). The number of nitrogens with zero attached hydrogens (tertiary/aromatic N) is 4. The van der Waals surface area contributed by atoms with Crippen molar-refractivity contribution < 1.29 is 9.21 Å². The Hall–Kier alpha value is -3.16. The van der Waals surface area contributed by atoms with E-state index in [2.05, 4.69) is 25.9 Å². The minimum atomic E-state index is -0.243. The highest BCUT2D eigenvalue weighted by molar-refractivity contribution is 5.91. The first kappa shape index (κ1) is 15.7. The Morgan fingerprint density at radius 2 is 2.08 bits per heavy atom. The van der Waals surface area contributed by atoms with Crippen LogP contribution >= 0.6 is 0 Å². The quantitative estimate of drug-likeness (QED) is 0.669. The van der Waals surface area contributed by atoms with Crippen LogP contribution in [0.2, 0.25) is 0 Å². The van der Waals surface area contributed by atoms with Gasteiger partial charge in [-0.25, -0.2) is 4.68 Å². The van der Waals surface area contributed by atoms with E-state index in [1.807, 2.05) is 32.0 Å². The van der Waals surface area contributed by atoms with E-state index in [4.69, 9.17) is 4.42 Å². The van der Waals surface area contributed by atoms with Gasteiger partial charge in [-0.05, 0) is 44.2 Å². The number of hydrogen-bond donors (Lipinski definition) is 2. The lowest BCUT2D eigenvalue weighted by Crippen LogP contribution is -2.28. The van der Waals surface area contributed by atoms with Crippen molar-refractivity contribution in [1.29, 1.82) is 0 Å². The fourth-order valence-corrected chi connectivity index (χ4v) is 2.25. The normalized spacial score (nSPS) is 10.6. The summed E-state index contributed by atoms with van der Waals surface area (Å²) in [5.41, 5.74) is 1.94. The maximum Gasteiger partial charge on any atom is 0.287 e. The molecule has 0 radical (unpaired) electrons. The summed E-state index contributed by atoms with van der Waals surface area (Å²) < 4.78 is 6.76. The van der Waals surface area contributed by atoms with Crippen LogP contribution in [0.3, 0.4) is 0 Å². The number of anilines is 1. The number of carbonyl (C=O) groups is 1. The van der Waals surface area contributed by atoms with E-state index in [0.717, 1.165) is 11.4 Å². The van der Waals surface area contributed by atoms with Crippen LogP contribution in [-0.2, 0) is 0 Å². The van der Waals surface area contributed by atoms with Gasteiger partial charge in [0.15, 0.2) is 11.6 Å². The highest BCUT2D eigenvalue weighted by atomic mass is 16.3. The van der Waals surface area contributed by atoms with E-state index in [9.17, 15) is 4.79 Å². The summed E-state index contributed by atoms with van der Waals surface area (Å²) in [7, 11) is 0. The summed E-state index contributed by atoms with van der Waals surface area (Å²) in [5, 5.41) is 18.5. The van der Waals surface area contributed by atoms with Gasteiger partial charge in [0.25, 0.3) is 5.91 Å². The van der Waals surface area contributed by atoms with E-state index in [1.54, 1.807) is 16.8 Å². The van der Waals surface area contributed by atoms with Crippen LogP contribution < -0.4 is 10.6 Å². The molecule has 8 heteroatoms. The van der Waals surface area contributed by atoms with E-state index in [-0.39, 0.29) is 5.91 Å². The molecule has 124 valence electrons. The largest absolute Gasteiger partial charge is 0.459 e. The second kappa shape index (κ2) is 6.95. The minimum Gasteiger partial charge on any atom is -0.459 e. The number of carbonyl (C=O) groups excluding carboxylic acids is 1. The number of rotatable bonds is 6. The Morgan fingerprint density at radius 1 is 1.21 bits per heavy atom. The van der Waals surface area contributed by atoms with E-state index in [0.29, 0.717) is 30.5 Å². The monoisotopic (exact) mass is 326 g/mol. The van der Waals surface area contributed by atoms with Crippen molar-refractivity contribution >= 4 is 11.7 Å². The molecule has 0 bridgehead atoms. The third-order valence-corrected chi connectivity index (χ3v) is 3.34. The van der Waals surface area contributed by atoms with Crippen LogP contribution in [-0.4, -0.2) is 39.0 Å². The highest BCUT2D eigenvalue weighted by Gasteiger charge is 2.07. The Kier molecular flexibility index (Phi) is 4.55. The second-order valence-corrected chi connectivity index (χ2v) is 5.28. The fraction of sp³-hybridized carbons (Fsp3) is 0.250. The van der Waals surface area contributed by atoms with Gasteiger partial charge in [0.1, 0.15) is 5.82 Å². The molecule has 2 N–H and O–H groups in total.